The Bertz CT molecular complexity index is 1990. The Morgan fingerprint density at radius 1 is 0.938 bits per heavy atom. The van der Waals surface area contributed by atoms with Gasteiger partial charge in [-0.1, -0.05) is 95.2 Å². The third-order valence-corrected chi connectivity index (χ3v) is 9.38. The maximum atomic E-state index is 14.2. The number of hydrogen-bond acceptors (Lipinski definition) is 7. The molecule has 1 aromatic heterocycles. The number of thioether (sulfide) groups is 1. The first-order valence-corrected chi connectivity index (χ1v) is 17.2. The van der Waals surface area contributed by atoms with E-state index in [0.717, 1.165) is 33.5 Å². The summed E-state index contributed by atoms with van der Waals surface area (Å²) in [5.41, 5.74) is 8.11. The predicted molar refractivity (Wildman–Crippen MR) is 193 cm³/mol. The Balaban J connectivity index is 1.36. The van der Waals surface area contributed by atoms with Gasteiger partial charge in [-0.2, -0.15) is 4.98 Å². The fraction of sp³-hybridized carbons (Fsp3) is 0.237. The average molecular weight is 680 g/mol. The maximum Gasteiger partial charge on any atom is 0.255 e. The van der Waals surface area contributed by atoms with Crippen LogP contribution in [0.1, 0.15) is 53.3 Å². The SMILES string of the molecule is CCOc1cc(C2C(C(=O)Nc3ccc(C)cc3C)=C(C)Nc3nc(SCc4ccccc4Cl)nn32)ccc1OCc1ccc(C)cc1. The van der Waals surface area contributed by atoms with Crippen LogP contribution in [0.25, 0.3) is 0 Å². The van der Waals surface area contributed by atoms with Crippen LogP contribution in [-0.2, 0) is 17.2 Å². The summed E-state index contributed by atoms with van der Waals surface area (Å²) in [5, 5.41) is 12.7. The summed E-state index contributed by atoms with van der Waals surface area (Å²) in [6, 6.07) is 27.2. The molecule has 5 aromatic rings. The van der Waals surface area contributed by atoms with Crippen LogP contribution in [0.2, 0.25) is 5.02 Å². The van der Waals surface area contributed by atoms with Gasteiger partial charge >= 0.3 is 0 Å². The largest absolute Gasteiger partial charge is 0.490 e. The summed E-state index contributed by atoms with van der Waals surface area (Å²) >= 11 is 7.91. The molecular weight excluding hydrogens is 642 g/mol. The number of carbonyl (C=O) groups excluding carboxylic acids is 1. The average Bonchev–Trinajstić information content (AvgIpc) is 3.47. The second kappa shape index (κ2) is 14.6. The minimum absolute atomic E-state index is 0.235. The molecule has 1 unspecified atom stereocenters. The van der Waals surface area contributed by atoms with Gasteiger partial charge < -0.3 is 20.1 Å². The minimum atomic E-state index is -0.598. The zero-order valence-electron chi connectivity index (χ0n) is 27.6. The number of aryl methyl sites for hydroxylation is 3. The standard InChI is InChI=1S/C38H38ClN5O3S/c1-6-46-33-20-28(16-18-32(33)47-21-27-14-11-23(2)12-15-27)35-34(36(45)41-31-17-13-24(3)19-25(31)4)26(5)40-37-42-38(43-44(35)37)48-22-29-9-7-8-10-30(29)39/h7-20,35H,6,21-22H2,1-5H3,(H,41,45)(H,40,42,43). The van der Waals surface area contributed by atoms with E-state index in [1.807, 2.05) is 82.3 Å². The van der Waals surface area contributed by atoms with Crippen molar-refractivity contribution in [3.8, 4) is 11.5 Å². The van der Waals surface area contributed by atoms with Crippen LogP contribution in [0.5, 0.6) is 11.5 Å². The summed E-state index contributed by atoms with van der Waals surface area (Å²) in [4.78, 5) is 19.0. The van der Waals surface area contributed by atoms with Gasteiger partial charge in [-0.25, -0.2) is 4.68 Å². The highest BCUT2D eigenvalue weighted by Crippen LogP contribution is 2.40. The predicted octanol–water partition coefficient (Wildman–Crippen LogP) is 9.05. The number of anilines is 2. The van der Waals surface area contributed by atoms with Crippen molar-refractivity contribution in [2.45, 2.75) is 58.2 Å². The third-order valence-electron chi connectivity index (χ3n) is 8.12. The molecule has 0 aliphatic carbocycles. The smallest absolute Gasteiger partial charge is 0.255 e. The summed E-state index contributed by atoms with van der Waals surface area (Å²) in [6.07, 6.45) is 0. The number of halogens is 1. The molecule has 10 heteroatoms. The number of fused-ring (bicyclic) bond motifs is 1. The number of allylic oxidation sites excluding steroid dienone is 1. The molecular formula is C38H38ClN5O3S. The van der Waals surface area contributed by atoms with Gasteiger partial charge in [-0.15, -0.1) is 5.10 Å². The lowest BCUT2D eigenvalue weighted by atomic mass is 9.94. The van der Waals surface area contributed by atoms with Crippen LogP contribution in [0.4, 0.5) is 11.6 Å². The molecule has 0 radical (unpaired) electrons. The van der Waals surface area contributed by atoms with E-state index in [4.69, 9.17) is 31.2 Å². The number of nitrogens with zero attached hydrogens (tertiary/aromatic N) is 3. The van der Waals surface area contributed by atoms with Crippen molar-refractivity contribution < 1.29 is 14.3 Å². The Morgan fingerprint density at radius 3 is 2.46 bits per heavy atom. The van der Waals surface area contributed by atoms with Gasteiger partial charge in [-0.3, -0.25) is 4.79 Å². The van der Waals surface area contributed by atoms with Gasteiger partial charge in [0.1, 0.15) is 12.6 Å². The molecule has 48 heavy (non-hydrogen) atoms. The lowest BCUT2D eigenvalue weighted by molar-refractivity contribution is -0.113. The third kappa shape index (κ3) is 7.37. The summed E-state index contributed by atoms with van der Waals surface area (Å²) in [6.45, 7) is 10.8. The minimum Gasteiger partial charge on any atom is -0.490 e. The fourth-order valence-corrected chi connectivity index (χ4v) is 6.74. The number of amides is 1. The fourth-order valence-electron chi connectivity index (χ4n) is 5.62. The van der Waals surface area contributed by atoms with E-state index in [2.05, 4.69) is 47.9 Å². The van der Waals surface area contributed by atoms with Crippen molar-refractivity contribution in [2.75, 3.05) is 17.2 Å². The van der Waals surface area contributed by atoms with Crippen molar-refractivity contribution in [3.05, 3.63) is 135 Å². The van der Waals surface area contributed by atoms with E-state index in [1.165, 1.54) is 17.3 Å². The molecule has 4 aromatic carbocycles. The van der Waals surface area contributed by atoms with Crippen LogP contribution in [0, 0.1) is 20.8 Å². The maximum absolute atomic E-state index is 14.2. The molecule has 0 saturated carbocycles. The Kier molecular flexibility index (Phi) is 10.1. The highest BCUT2D eigenvalue weighted by atomic mass is 35.5. The molecule has 1 aliphatic rings. The molecule has 6 rings (SSSR count). The second-order valence-corrected chi connectivity index (χ2v) is 13.1. The van der Waals surface area contributed by atoms with Gasteiger partial charge in [0.05, 0.1) is 12.2 Å². The summed E-state index contributed by atoms with van der Waals surface area (Å²) < 4.78 is 14.1. The van der Waals surface area contributed by atoms with Crippen LogP contribution >= 0.6 is 23.4 Å². The molecule has 246 valence electrons. The van der Waals surface area contributed by atoms with Crippen molar-refractivity contribution in [1.29, 1.82) is 0 Å². The van der Waals surface area contributed by atoms with Gasteiger partial charge in [0.15, 0.2) is 11.5 Å². The van der Waals surface area contributed by atoms with E-state index >= 15 is 0 Å². The van der Waals surface area contributed by atoms with E-state index in [-0.39, 0.29) is 5.91 Å². The Hall–Kier alpha value is -4.73. The monoisotopic (exact) mass is 679 g/mol. The number of nitrogens with one attached hydrogen (secondary N) is 2. The van der Waals surface area contributed by atoms with Crippen molar-refractivity contribution in [2.24, 2.45) is 0 Å². The van der Waals surface area contributed by atoms with Crippen LogP contribution in [0.15, 0.2) is 101 Å². The molecule has 2 heterocycles. The van der Waals surface area contributed by atoms with Gasteiger partial charge in [0, 0.05) is 22.2 Å². The number of benzene rings is 4. The number of rotatable bonds is 11. The second-order valence-electron chi connectivity index (χ2n) is 11.8. The number of carbonyl (C=O) groups is 1. The zero-order chi connectivity index (χ0) is 33.8. The van der Waals surface area contributed by atoms with Gasteiger partial charge in [-0.05, 0) is 81.1 Å². The van der Waals surface area contributed by atoms with Crippen LogP contribution in [0.3, 0.4) is 0 Å². The van der Waals surface area contributed by atoms with Gasteiger partial charge in [0.25, 0.3) is 5.91 Å². The molecule has 0 spiro atoms. The molecule has 0 saturated heterocycles. The first-order valence-electron chi connectivity index (χ1n) is 15.8. The lowest BCUT2D eigenvalue weighted by Crippen LogP contribution is -2.31. The highest BCUT2D eigenvalue weighted by Gasteiger charge is 2.35. The first-order chi connectivity index (χ1) is 23.2. The van der Waals surface area contributed by atoms with E-state index in [0.29, 0.717) is 57.9 Å². The topological polar surface area (TPSA) is 90.3 Å². The molecule has 0 fully saturated rings. The highest BCUT2D eigenvalue weighted by molar-refractivity contribution is 7.98. The first kappa shape index (κ1) is 33.2. The van der Waals surface area contributed by atoms with E-state index in [1.54, 1.807) is 4.68 Å². The van der Waals surface area contributed by atoms with Crippen LogP contribution in [-0.4, -0.2) is 27.3 Å². The summed E-state index contributed by atoms with van der Waals surface area (Å²) in [5.74, 6) is 2.11. The molecule has 1 amide bonds. The molecule has 1 aliphatic heterocycles. The van der Waals surface area contributed by atoms with Crippen LogP contribution < -0.4 is 20.1 Å². The Labute approximate surface area is 290 Å². The number of ether oxygens (including phenoxy) is 2. The lowest BCUT2D eigenvalue weighted by Gasteiger charge is -2.29. The number of hydrogen-bond donors (Lipinski definition) is 2. The van der Waals surface area contributed by atoms with E-state index < -0.39 is 6.04 Å². The molecule has 2 N–H and O–H groups in total. The molecule has 8 nitrogen and oxygen atoms in total. The van der Waals surface area contributed by atoms with Crippen molar-refractivity contribution in [1.82, 2.24) is 14.8 Å². The summed E-state index contributed by atoms with van der Waals surface area (Å²) in [7, 11) is 0. The Morgan fingerprint density at radius 2 is 1.71 bits per heavy atom. The normalized spacial score (nSPS) is 13.9. The molecule has 0 bridgehead atoms. The molecule has 1 atom stereocenters. The van der Waals surface area contributed by atoms with Gasteiger partial charge in [0.2, 0.25) is 11.1 Å². The van der Waals surface area contributed by atoms with Crippen molar-refractivity contribution >= 4 is 40.9 Å². The van der Waals surface area contributed by atoms with Crippen molar-refractivity contribution in [3.63, 3.8) is 0 Å². The number of aromatic nitrogens is 3. The zero-order valence-corrected chi connectivity index (χ0v) is 29.2. The van der Waals surface area contributed by atoms with E-state index in [9.17, 15) is 4.79 Å². The quantitative estimate of drug-likeness (QED) is 0.135.